The van der Waals surface area contributed by atoms with Crippen LogP contribution in [0.25, 0.3) is 0 Å². The van der Waals surface area contributed by atoms with E-state index in [-0.39, 0.29) is 5.82 Å². The Morgan fingerprint density at radius 1 is 1.35 bits per heavy atom. The van der Waals surface area contributed by atoms with Gasteiger partial charge in [0, 0.05) is 31.6 Å². The Bertz CT molecular complexity index is 401. The monoisotopic (exact) mass is 234 g/mol. The third kappa shape index (κ3) is 2.35. The maximum absolute atomic E-state index is 13.2. The molecule has 17 heavy (non-hydrogen) atoms. The van der Waals surface area contributed by atoms with Crippen molar-refractivity contribution in [3.8, 4) is 0 Å². The molecule has 2 N–H and O–H groups in total. The van der Waals surface area contributed by atoms with Crippen LogP contribution in [0.1, 0.15) is 36.3 Å². The smallest absolute Gasteiger partial charge is 0.123 e. The summed E-state index contributed by atoms with van der Waals surface area (Å²) in [5, 5.41) is 6.98. The summed E-state index contributed by atoms with van der Waals surface area (Å²) in [5.74, 6) is 0.359. The molecule has 1 aliphatic heterocycles. The number of hydrogen-bond donors (Lipinski definition) is 2. The molecule has 1 heterocycles. The molecule has 0 aromatic heterocycles. The van der Waals surface area contributed by atoms with Crippen LogP contribution in [-0.4, -0.2) is 19.1 Å². The molecule has 1 aliphatic carbocycles. The highest BCUT2D eigenvalue weighted by Gasteiger charge is 2.23. The highest BCUT2D eigenvalue weighted by molar-refractivity contribution is 5.33. The first-order chi connectivity index (χ1) is 8.33. The molecule has 1 fully saturated rings. The minimum absolute atomic E-state index is 0.127. The molecule has 3 heteroatoms. The second-order valence-electron chi connectivity index (χ2n) is 5.21. The maximum atomic E-state index is 13.2. The summed E-state index contributed by atoms with van der Waals surface area (Å²) in [4.78, 5) is 0. The molecular formula is C14H19FN2. The molecule has 0 amide bonds. The normalized spacial score (nSPS) is 24.2. The molecule has 1 saturated carbocycles. The van der Waals surface area contributed by atoms with Gasteiger partial charge in [-0.15, -0.1) is 0 Å². The van der Waals surface area contributed by atoms with E-state index >= 15 is 0 Å². The molecule has 0 saturated heterocycles. The lowest BCUT2D eigenvalue weighted by Gasteiger charge is -2.31. The van der Waals surface area contributed by atoms with Gasteiger partial charge >= 0.3 is 0 Å². The molecule has 1 aromatic rings. The van der Waals surface area contributed by atoms with Gasteiger partial charge in [0.1, 0.15) is 5.82 Å². The fraction of sp³-hybridized carbons (Fsp3) is 0.571. The topological polar surface area (TPSA) is 24.1 Å². The zero-order chi connectivity index (χ0) is 11.7. The van der Waals surface area contributed by atoms with Crippen molar-refractivity contribution in [3.05, 3.63) is 35.1 Å². The van der Waals surface area contributed by atoms with E-state index in [2.05, 4.69) is 10.6 Å². The molecule has 1 unspecified atom stereocenters. The Kier molecular flexibility index (Phi) is 3.12. The summed E-state index contributed by atoms with van der Waals surface area (Å²) in [6.07, 6.45) is 4.00. The Balaban J connectivity index is 1.69. The van der Waals surface area contributed by atoms with E-state index in [4.69, 9.17) is 0 Å². The van der Waals surface area contributed by atoms with Gasteiger partial charge in [0.2, 0.25) is 0 Å². The van der Waals surface area contributed by atoms with Gasteiger partial charge in [-0.05, 0) is 36.1 Å². The number of fused-ring (bicyclic) bond motifs is 1. The number of benzene rings is 1. The molecule has 92 valence electrons. The summed E-state index contributed by atoms with van der Waals surface area (Å²) in [6, 6.07) is 5.93. The Morgan fingerprint density at radius 2 is 2.24 bits per heavy atom. The SMILES string of the molecule is Fc1ccc2c(c1)CNCC2CNC1CCC1. The highest BCUT2D eigenvalue weighted by Crippen LogP contribution is 2.25. The highest BCUT2D eigenvalue weighted by atomic mass is 19.1. The number of halogens is 1. The van der Waals surface area contributed by atoms with Gasteiger partial charge in [0.15, 0.2) is 0 Å². The Labute approximate surface area is 102 Å². The number of nitrogens with one attached hydrogen (secondary N) is 2. The summed E-state index contributed by atoms with van der Waals surface area (Å²) in [7, 11) is 0. The first kappa shape index (κ1) is 11.2. The number of hydrogen-bond acceptors (Lipinski definition) is 2. The van der Waals surface area contributed by atoms with Gasteiger partial charge in [-0.3, -0.25) is 0 Å². The van der Waals surface area contributed by atoms with Crippen molar-refractivity contribution in [3.63, 3.8) is 0 Å². The second-order valence-corrected chi connectivity index (χ2v) is 5.21. The van der Waals surface area contributed by atoms with Gasteiger partial charge in [-0.1, -0.05) is 12.5 Å². The van der Waals surface area contributed by atoms with E-state index in [0.717, 1.165) is 31.2 Å². The molecule has 0 bridgehead atoms. The van der Waals surface area contributed by atoms with Gasteiger partial charge < -0.3 is 10.6 Å². The molecule has 2 aliphatic rings. The van der Waals surface area contributed by atoms with Crippen LogP contribution in [0.5, 0.6) is 0 Å². The van der Waals surface area contributed by atoms with Gasteiger partial charge in [-0.2, -0.15) is 0 Å². The van der Waals surface area contributed by atoms with Gasteiger partial charge in [0.05, 0.1) is 0 Å². The van der Waals surface area contributed by atoms with Crippen molar-refractivity contribution < 1.29 is 4.39 Å². The molecule has 1 atom stereocenters. The Hall–Kier alpha value is -0.930. The summed E-state index contributed by atoms with van der Waals surface area (Å²) >= 11 is 0. The second kappa shape index (κ2) is 4.75. The molecule has 2 nitrogen and oxygen atoms in total. The van der Waals surface area contributed by atoms with Crippen LogP contribution in [0.4, 0.5) is 4.39 Å². The quantitative estimate of drug-likeness (QED) is 0.837. The minimum atomic E-state index is -0.127. The largest absolute Gasteiger partial charge is 0.313 e. The van der Waals surface area contributed by atoms with Crippen molar-refractivity contribution in [2.45, 2.75) is 37.8 Å². The lowest BCUT2D eigenvalue weighted by atomic mass is 9.88. The zero-order valence-electron chi connectivity index (χ0n) is 10.0. The summed E-state index contributed by atoms with van der Waals surface area (Å²) in [5.41, 5.74) is 2.44. The van der Waals surface area contributed by atoms with Crippen molar-refractivity contribution in [2.75, 3.05) is 13.1 Å². The van der Waals surface area contributed by atoms with E-state index < -0.39 is 0 Å². The molecular weight excluding hydrogens is 215 g/mol. The van der Waals surface area contributed by atoms with Gasteiger partial charge in [-0.25, -0.2) is 4.39 Å². The predicted octanol–water partition coefficient (Wildman–Crippen LogP) is 2.15. The van der Waals surface area contributed by atoms with Crippen LogP contribution >= 0.6 is 0 Å². The molecule has 3 rings (SSSR count). The average Bonchev–Trinajstić information content (AvgIpc) is 2.26. The van der Waals surface area contributed by atoms with Crippen molar-refractivity contribution >= 4 is 0 Å². The fourth-order valence-electron chi connectivity index (χ4n) is 2.72. The molecule has 1 aromatic carbocycles. The van der Waals surface area contributed by atoms with Crippen LogP contribution in [-0.2, 0) is 6.54 Å². The van der Waals surface area contributed by atoms with Crippen LogP contribution < -0.4 is 10.6 Å². The van der Waals surface area contributed by atoms with E-state index in [0.29, 0.717) is 5.92 Å². The summed E-state index contributed by atoms with van der Waals surface area (Å²) < 4.78 is 13.2. The van der Waals surface area contributed by atoms with Crippen molar-refractivity contribution in [2.24, 2.45) is 0 Å². The average molecular weight is 234 g/mol. The van der Waals surface area contributed by atoms with E-state index in [1.54, 1.807) is 12.1 Å². The van der Waals surface area contributed by atoms with Crippen LogP contribution in [0.15, 0.2) is 18.2 Å². The lowest BCUT2D eigenvalue weighted by molar-refractivity contribution is 0.327. The minimum Gasteiger partial charge on any atom is -0.313 e. The molecule has 0 spiro atoms. The maximum Gasteiger partial charge on any atom is 0.123 e. The third-order valence-electron chi connectivity index (χ3n) is 4.01. The van der Waals surface area contributed by atoms with Crippen LogP contribution in [0, 0.1) is 5.82 Å². The molecule has 0 radical (unpaired) electrons. The van der Waals surface area contributed by atoms with Crippen LogP contribution in [0.2, 0.25) is 0 Å². The van der Waals surface area contributed by atoms with Crippen molar-refractivity contribution in [1.29, 1.82) is 0 Å². The first-order valence-corrected chi connectivity index (χ1v) is 6.55. The Morgan fingerprint density at radius 3 is 3.00 bits per heavy atom. The van der Waals surface area contributed by atoms with Gasteiger partial charge in [0.25, 0.3) is 0 Å². The van der Waals surface area contributed by atoms with Crippen molar-refractivity contribution in [1.82, 2.24) is 10.6 Å². The zero-order valence-corrected chi connectivity index (χ0v) is 10.0. The standard InChI is InChI=1S/C14H19FN2/c15-12-4-5-14-10(6-12)7-16-8-11(14)9-17-13-2-1-3-13/h4-6,11,13,16-17H,1-3,7-9H2. The summed E-state index contributed by atoms with van der Waals surface area (Å²) in [6.45, 7) is 2.81. The van der Waals surface area contributed by atoms with E-state index in [1.807, 2.05) is 6.07 Å². The van der Waals surface area contributed by atoms with Crippen LogP contribution in [0.3, 0.4) is 0 Å². The van der Waals surface area contributed by atoms with E-state index in [1.165, 1.54) is 24.8 Å². The fourth-order valence-corrected chi connectivity index (χ4v) is 2.72. The number of rotatable bonds is 3. The third-order valence-corrected chi connectivity index (χ3v) is 4.01. The lowest BCUT2D eigenvalue weighted by Crippen LogP contribution is -2.41. The first-order valence-electron chi connectivity index (χ1n) is 6.55. The van der Waals surface area contributed by atoms with E-state index in [9.17, 15) is 4.39 Å². The predicted molar refractivity (Wildman–Crippen MR) is 66.5 cm³/mol.